The van der Waals surface area contributed by atoms with E-state index in [0.29, 0.717) is 19.3 Å². The molecule has 0 aliphatic carbocycles. The lowest BCUT2D eigenvalue weighted by atomic mass is 10.1. The normalized spacial score (nSPS) is 13.7. The number of allylic oxidation sites excluding steroid dienone is 14. The molecule has 1 N–H and O–H groups in total. The fourth-order valence-electron chi connectivity index (χ4n) is 6.21. The van der Waals surface area contributed by atoms with E-state index in [-0.39, 0.29) is 42.7 Å². The number of carboxylic acid groups (broad SMARTS) is 1. The third-order valence-corrected chi connectivity index (χ3v) is 9.78. The van der Waals surface area contributed by atoms with Crippen LogP contribution in [0.1, 0.15) is 168 Å². The van der Waals surface area contributed by atoms with Gasteiger partial charge in [-0.05, 0) is 83.5 Å². The van der Waals surface area contributed by atoms with Crippen LogP contribution in [0.2, 0.25) is 0 Å². The predicted molar refractivity (Wildman–Crippen MR) is 247 cm³/mol. The second kappa shape index (κ2) is 41.3. The highest BCUT2D eigenvalue weighted by Gasteiger charge is 2.31. The third kappa shape index (κ3) is 39.7. The summed E-state index contributed by atoms with van der Waals surface area (Å²) in [7, 11) is 5.50. The number of aliphatic carboxylic acids is 1. The van der Waals surface area contributed by atoms with Gasteiger partial charge >= 0.3 is 17.9 Å². The van der Waals surface area contributed by atoms with Gasteiger partial charge in [-0.3, -0.25) is 9.59 Å². The molecule has 0 rings (SSSR count). The highest BCUT2D eigenvalue weighted by Crippen LogP contribution is 2.13. The van der Waals surface area contributed by atoms with E-state index in [4.69, 9.17) is 14.2 Å². The molecule has 0 bridgehead atoms. The van der Waals surface area contributed by atoms with Crippen LogP contribution in [0, 0.1) is 0 Å². The van der Waals surface area contributed by atoms with E-state index < -0.39 is 18.1 Å². The Morgan fingerprint density at radius 3 is 1.47 bits per heavy atom. The summed E-state index contributed by atoms with van der Waals surface area (Å²) in [5.74, 6) is -1.56. The van der Waals surface area contributed by atoms with E-state index >= 15 is 0 Å². The number of ether oxygens (including phenoxy) is 3. The zero-order chi connectivity index (χ0) is 43.5. The Hall–Kier alpha value is -3.49. The van der Waals surface area contributed by atoms with E-state index in [1.54, 1.807) is 0 Å². The Morgan fingerprint density at radius 2 is 0.966 bits per heavy atom. The number of esters is 2. The van der Waals surface area contributed by atoms with Gasteiger partial charge in [0, 0.05) is 19.3 Å². The van der Waals surface area contributed by atoms with Gasteiger partial charge in [-0.25, -0.2) is 4.79 Å². The largest absolute Gasteiger partial charge is 0.477 e. The first-order valence-corrected chi connectivity index (χ1v) is 23.1. The molecule has 0 amide bonds. The van der Waals surface area contributed by atoms with Crippen LogP contribution < -0.4 is 0 Å². The summed E-state index contributed by atoms with van der Waals surface area (Å²) >= 11 is 0. The second-order valence-corrected chi connectivity index (χ2v) is 16.3. The lowest BCUT2D eigenvalue weighted by Gasteiger charge is -2.31. The molecule has 0 spiro atoms. The summed E-state index contributed by atoms with van der Waals surface area (Å²) in [6.07, 6.45) is 53.4. The van der Waals surface area contributed by atoms with Gasteiger partial charge < -0.3 is 23.8 Å². The van der Waals surface area contributed by atoms with Crippen molar-refractivity contribution in [3.8, 4) is 0 Å². The molecule has 2 unspecified atom stereocenters. The fraction of sp³-hybridized carbons (Fsp3) is 0.667. The lowest BCUT2D eigenvalue weighted by molar-refractivity contribution is -0.887. The van der Waals surface area contributed by atoms with Crippen molar-refractivity contribution in [1.29, 1.82) is 0 Å². The van der Waals surface area contributed by atoms with E-state index in [1.165, 1.54) is 64.2 Å². The molecule has 0 aliphatic heterocycles. The molecule has 0 fully saturated rings. The van der Waals surface area contributed by atoms with Gasteiger partial charge in [-0.1, -0.05) is 150 Å². The molecule has 2 atom stereocenters. The molecule has 0 saturated carbocycles. The van der Waals surface area contributed by atoms with Crippen molar-refractivity contribution in [1.82, 2.24) is 0 Å². The number of carbonyl (C=O) groups is 3. The summed E-state index contributed by atoms with van der Waals surface area (Å²) in [4.78, 5) is 37.0. The Morgan fingerprint density at radius 1 is 0.525 bits per heavy atom. The average Bonchev–Trinajstić information content (AvgIpc) is 3.19. The van der Waals surface area contributed by atoms with Crippen LogP contribution in [-0.4, -0.2) is 80.6 Å². The van der Waals surface area contributed by atoms with Crippen LogP contribution in [-0.2, 0) is 28.6 Å². The topological polar surface area (TPSA) is 99.1 Å². The maximum Gasteiger partial charge on any atom is 0.362 e. The number of likely N-dealkylation sites (N-methyl/N-ethyl adjacent to an activating group) is 1. The van der Waals surface area contributed by atoms with Crippen LogP contribution in [0.3, 0.4) is 0 Å². The van der Waals surface area contributed by atoms with Gasteiger partial charge in [0.2, 0.25) is 0 Å². The Balaban J connectivity index is 4.44. The van der Waals surface area contributed by atoms with E-state index in [0.717, 1.165) is 64.2 Å². The second-order valence-electron chi connectivity index (χ2n) is 16.3. The zero-order valence-corrected chi connectivity index (χ0v) is 38.2. The van der Waals surface area contributed by atoms with E-state index in [9.17, 15) is 19.5 Å². The molecule has 0 aromatic rings. The Kier molecular flexibility index (Phi) is 38.8. The van der Waals surface area contributed by atoms with Crippen LogP contribution in [0.4, 0.5) is 0 Å². The maximum atomic E-state index is 12.7. The molecular weight excluding hydrogens is 739 g/mol. The van der Waals surface area contributed by atoms with Gasteiger partial charge in [0.05, 0.1) is 34.4 Å². The Labute approximate surface area is 361 Å². The van der Waals surface area contributed by atoms with Crippen LogP contribution >= 0.6 is 0 Å². The quantitative estimate of drug-likeness (QED) is 0.0284. The van der Waals surface area contributed by atoms with Gasteiger partial charge in [0.25, 0.3) is 0 Å². The summed E-state index contributed by atoms with van der Waals surface area (Å²) < 4.78 is 17.2. The summed E-state index contributed by atoms with van der Waals surface area (Å²) in [6, 6.07) is -0.628. The molecular formula is C51H86NO7+. The summed E-state index contributed by atoms with van der Waals surface area (Å²) in [5, 5.41) is 9.63. The monoisotopic (exact) mass is 825 g/mol. The molecule has 8 heteroatoms. The molecule has 59 heavy (non-hydrogen) atoms. The number of nitrogens with zero attached hydrogens (tertiary/aromatic N) is 1. The molecule has 8 nitrogen and oxygen atoms in total. The van der Waals surface area contributed by atoms with Gasteiger partial charge in [-0.15, -0.1) is 0 Å². The van der Waals surface area contributed by atoms with Gasteiger partial charge in [-0.2, -0.15) is 0 Å². The first kappa shape index (κ1) is 55.5. The van der Waals surface area contributed by atoms with E-state index in [2.05, 4.69) is 98.9 Å². The predicted octanol–water partition coefficient (Wildman–Crippen LogP) is 12.9. The van der Waals surface area contributed by atoms with Crippen LogP contribution in [0.15, 0.2) is 85.1 Å². The van der Waals surface area contributed by atoms with E-state index in [1.807, 2.05) is 21.1 Å². The van der Waals surface area contributed by atoms with Crippen molar-refractivity contribution in [2.24, 2.45) is 0 Å². The molecule has 0 radical (unpaired) electrons. The number of hydrogen-bond donors (Lipinski definition) is 1. The molecule has 0 aliphatic rings. The van der Waals surface area contributed by atoms with Crippen LogP contribution in [0.25, 0.3) is 0 Å². The Bertz CT molecular complexity index is 1240. The first-order chi connectivity index (χ1) is 28.6. The molecule has 0 saturated heterocycles. The number of rotatable bonds is 40. The first-order valence-electron chi connectivity index (χ1n) is 23.1. The third-order valence-electron chi connectivity index (χ3n) is 9.78. The van der Waals surface area contributed by atoms with Crippen molar-refractivity contribution < 1.29 is 38.2 Å². The summed E-state index contributed by atoms with van der Waals surface area (Å²) in [6.45, 7) is 4.53. The highest BCUT2D eigenvalue weighted by atomic mass is 16.6. The number of carbonyl (C=O) groups excluding carboxylic acids is 2. The summed E-state index contributed by atoms with van der Waals surface area (Å²) in [5.41, 5.74) is 0. The van der Waals surface area contributed by atoms with Crippen LogP contribution in [0.5, 0.6) is 0 Å². The van der Waals surface area contributed by atoms with Crippen molar-refractivity contribution >= 4 is 17.9 Å². The standard InChI is InChI=1S/C51H85NO7/c1-6-8-10-12-14-16-18-20-22-23-24-25-26-28-29-31-33-35-37-39-41-49(53)58-46-47(45-57-44-43-48(51(55)56)52(3,4)5)59-50(54)42-40-38-36-34-32-30-27-21-19-17-15-13-11-9-7-2/h8,10,14,16-17,19-20,22,24-25,28-29,33,35,47-48H,6-7,9,11-13,15,18,21,23,26-27,30-32,34,36-46H2,1-5H3/p+1/b10-8+,16-14+,19-17+,22-20+,25-24+,29-28+,35-33+. The molecule has 0 heterocycles. The minimum Gasteiger partial charge on any atom is -0.477 e. The van der Waals surface area contributed by atoms with Crippen molar-refractivity contribution in [2.75, 3.05) is 41.0 Å². The molecule has 0 aromatic carbocycles. The van der Waals surface area contributed by atoms with Crippen molar-refractivity contribution in [3.05, 3.63) is 85.1 Å². The van der Waals surface area contributed by atoms with Gasteiger partial charge in [0.1, 0.15) is 6.61 Å². The molecule has 0 aromatic heterocycles. The zero-order valence-electron chi connectivity index (χ0n) is 38.2. The number of hydrogen-bond acceptors (Lipinski definition) is 6. The van der Waals surface area contributed by atoms with Crippen molar-refractivity contribution in [3.63, 3.8) is 0 Å². The molecule has 336 valence electrons. The smallest absolute Gasteiger partial charge is 0.362 e. The van der Waals surface area contributed by atoms with Gasteiger partial charge in [0.15, 0.2) is 12.1 Å². The average molecular weight is 825 g/mol. The fourth-order valence-corrected chi connectivity index (χ4v) is 6.21. The lowest BCUT2D eigenvalue weighted by Crippen LogP contribution is -2.50. The minimum atomic E-state index is -0.886. The number of carboxylic acids is 1. The minimum absolute atomic E-state index is 0.0368. The SMILES string of the molecule is CC/C=C/C/C=C/C/C=C/C/C=C/C/C=C/C/C=C/CCCC(=O)OCC(COCCC(C(=O)O)[N+](C)(C)C)OC(=O)CCCCCCCCC/C=C/CCCCCC. The highest BCUT2D eigenvalue weighted by molar-refractivity contribution is 5.72. The van der Waals surface area contributed by atoms with Crippen molar-refractivity contribution in [2.45, 2.75) is 180 Å². The number of unbranched alkanes of at least 4 members (excludes halogenated alkanes) is 12. The number of quaternary nitrogens is 1. The maximum absolute atomic E-state index is 12.7.